The van der Waals surface area contributed by atoms with E-state index in [0.717, 1.165) is 11.1 Å². The summed E-state index contributed by atoms with van der Waals surface area (Å²) in [7, 11) is 2.95. The first kappa shape index (κ1) is 17.7. The third-order valence-electron chi connectivity index (χ3n) is 4.42. The maximum absolute atomic E-state index is 13.1. The van der Waals surface area contributed by atoms with Gasteiger partial charge in [-0.05, 0) is 25.1 Å². The van der Waals surface area contributed by atoms with E-state index in [1.165, 1.54) is 14.2 Å². The number of ketones is 1. The molecule has 0 fully saturated rings. The van der Waals surface area contributed by atoms with Gasteiger partial charge in [0.15, 0.2) is 5.82 Å². The Morgan fingerprint density at radius 2 is 1.61 bits per heavy atom. The number of fused-ring (bicyclic) bond motifs is 1. The second-order valence-corrected chi connectivity index (χ2v) is 6.23. The minimum Gasteiger partial charge on any atom is -0.467 e. The molecule has 0 unspecified atom stereocenters. The number of rotatable bonds is 5. The standard InChI is InChI=1S/C21H18N4O3/c1-13-7-9-14(10-8-13)18(26)17-12-15(16-6-4-5-11-25(16)17)19-22-20(27-2)24-21(23-19)28-3/h4-12H,1-3H3. The van der Waals surface area contributed by atoms with Crippen LogP contribution in [0.15, 0.2) is 54.7 Å². The summed E-state index contributed by atoms with van der Waals surface area (Å²) in [6, 6.07) is 15.2. The number of methoxy groups -OCH3 is 2. The zero-order valence-electron chi connectivity index (χ0n) is 15.7. The van der Waals surface area contributed by atoms with E-state index < -0.39 is 0 Å². The Kier molecular flexibility index (Phi) is 4.49. The van der Waals surface area contributed by atoms with Crippen molar-refractivity contribution in [1.82, 2.24) is 19.4 Å². The van der Waals surface area contributed by atoms with Crippen molar-refractivity contribution in [3.05, 3.63) is 71.5 Å². The Balaban J connectivity index is 1.90. The van der Waals surface area contributed by atoms with Crippen molar-refractivity contribution < 1.29 is 14.3 Å². The van der Waals surface area contributed by atoms with Crippen LogP contribution in [0.25, 0.3) is 16.9 Å². The first-order chi connectivity index (χ1) is 13.6. The highest BCUT2D eigenvalue weighted by molar-refractivity contribution is 6.10. The van der Waals surface area contributed by atoms with Crippen molar-refractivity contribution in [1.29, 1.82) is 0 Å². The van der Waals surface area contributed by atoms with E-state index >= 15 is 0 Å². The molecule has 1 aromatic carbocycles. The Morgan fingerprint density at radius 1 is 0.929 bits per heavy atom. The molecule has 7 heteroatoms. The van der Waals surface area contributed by atoms with Crippen LogP contribution >= 0.6 is 0 Å². The van der Waals surface area contributed by atoms with Gasteiger partial charge in [0.2, 0.25) is 5.78 Å². The summed E-state index contributed by atoms with van der Waals surface area (Å²) in [6.07, 6.45) is 1.84. The number of pyridine rings is 1. The van der Waals surface area contributed by atoms with E-state index in [1.807, 2.05) is 60.0 Å². The van der Waals surface area contributed by atoms with Gasteiger partial charge in [-0.15, -0.1) is 4.98 Å². The first-order valence-electron chi connectivity index (χ1n) is 8.66. The van der Waals surface area contributed by atoms with Crippen LogP contribution in [0, 0.1) is 6.92 Å². The predicted molar refractivity (Wildman–Crippen MR) is 104 cm³/mol. The molecule has 0 aliphatic carbocycles. The molecule has 3 heterocycles. The summed E-state index contributed by atoms with van der Waals surface area (Å²) in [5.74, 6) is 0.288. The average Bonchev–Trinajstić information content (AvgIpc) is 3.13. The van der Waals surface area contributed by atoms with E-state index in [1.54, 1.807) is 6.07 Å². The van der Waals surface area contributed by atoms with Crippen molar-refractivity contribution in [2.75, 3.05) is 14.2 Å². The van der Waals surface area contributed by atoms with E-state index in [2.05, 4.69) is 15.0 Å². The molecule has 0 atom stereocenters. The third kappa shape index (κ3) is 3.07. The van der Waals surface area contributed by atoms with Gasteiger partial charge in [0.1, 0.15) is 0 Å². The van der Waals surface area contributed by atoms with Crippen LogP contribution in [0.5, 0.6) is 12.0 Å². The lowest BCUT2D eigenvalue weighted by Crippen LogP contribution is -2.04. The number of carbonyl (C=O) groups excluding carboxylic acids is 1. The van der Waals surface area contributed by atoms with Crippen molar-refractivity contribution >= 4 is 11.3 Å². The number of aromatic nitrogens is 4. The maximum atomic E-state index is 13.1. The first-order valence-corrected chi connectivity index (χ1v) is 8.66. The van der Waals surface area contributed by atoms with Crippen LogP contribution in [-0.2, 0) is 0 Å². The fourth-order valence-electron chi connectivity index (χ4n) is 3.00. The zero-order chi connectivity index (χ0) is 19.7. The fraction of sp³-hybridized carbons (Fsp3) is 0.143. The monoisotopic (exact) mass is 374 g/mol. The lowest BCUT2D eigenvalue weighted by Gasteiger charge is -2.04. The molecule has 0 spiro atoms. The number of carbonyl (C=O) groups is 1. The highest BCUT2D eigenvalue weighted by atomic mass is 16.5. The smallest absolute Gasteiger partial charge is 0.322 e. The Labute approximate surface area is 161 Å². The van der Waals surface area contributed by atoms with Crippen molar-refractivity contribution in [2.45, 2.75) is 6.92 Å². The van der Waals surface area contributed by atoms with Crippen LogP contribution in [-0.4, -0.2) is 39.4 Å². The van der Waals surface area contributed by atoms with Crippen LogP contribution in [0.2, 0.25) is 0 Å². The second-order valence-electron chi connectivity index (χ2n) is 6.23. The van der Waals surface area contributed by atoms with Crippen LogP contribution in [0.3, 0.4) is 0 Å². The molecule has 7 nitrogen and oxygen atoms in total. The molecule has 0 saturated carbocycles. The van der Waals surface area contributed by atoms with Gasteiger partial charge in [0, 0.05) is 17.3 Å². The Bertz CT molecular complexity index is 1140. The van der Waals surface area contributed by atoms with Crippen molar-refractivity contribution in [2.24, 2.45) is 0 Å². The molecule has 140 valence electrons. The lowest BCUT2D eigenvalue weighted by molar-refractivity contribution is 0.103. The quantitative estimate of drug-likeness (QED) is 0.499. The number of hydrogen-bond acceptors (Lipinski definition) is 6. The normalized spacial score (nSPS) is 10.8. The zero-order valence-corrected chi connectivity index (χ0v) is 15.7. The van der Waals surface area contributed by atoms with E-state index in [9.17, 15) is 4.79 Å². The highest BCUT2D eigenvalue weighted by Crippen LogP contribution is 2.28. The molecule has 0 N–H and O–H groups in total. The summed E-state index contributed by atoms with van der Waals surface area (Å²) in [5.41, 5.74) is 3.73. The van der Waals surface area contributed by atoms with Crippen LogP contribution in [0.4, 0.5) is 0 Å². The molecule has 0 aliphatic rings. The molecular formula is C21H18N4O3. The molecule has 3 aromatic heterocycles. The fourth-order valence-corrected chi connectivity index (χ4v) is 3.00. The van der Waals surface area contributed by atoms with Gasteiger partial charge in [0.05, 0.1) is 25.4 Å². The van der Waals surface area contributed by atoms with Crippen molar-refractivity contribution in [3.8, 4) is 23.4 Å². The number of hydrogen-bond donors (Lipinski definition) is 0. The number of aryl methyl sites for hydroxylation is 1. The third-order valence-corrected chi connectivity index (χ3v) is 4.42. The summed E-state index contributed by atoms with van der Waals surface area (Å²) in [6.45, 7) is 1.99. The van der Waals surface area contributed by atoms with Gasteiger partial charge in [-0.1, -0.05) is 35.9 Å². The number of ether oxygens (including phenoxy) is 2. The molecule has 0 bridgehead atoms. The molecular weight excluding hydrogens is 356 g/mol. The van der Waals surface area contributed by atoms with Gasteiger partial charge in [0.25, 0.3) is 0 Å². The molecule has 4 rings (SSSR count). The van der Waals surface area contributed by atoms with Crippen molar-refractivity contribution in [3.63, 3.8) is 0 Å². The van der Waals surface area contributed by atoms with E-state index in [4.69, 9.17) is 9.47 Å². The topological polar surface area (TPSA) is 78.6 Å². The van der Waals surface area contributed by atoms with Crippen LogP contribution in [0.1, 0.15) is 21.6 Å². The maximum Gasteiger partial charge on any atom is 0.322 e. The van der Waals surface area contributed by atoms with Gasteiger partial charge >= 0.3 is 12.0 Å². The number of benzene rings is 1. The summed E-state index contributed by atoms with van der Waals surface area (Å²) in [4.78, 5) is 25.8. The van der Waals surface area contributed by atoms with Gasteiger partial charge in [-0.3, -0.25) is 4.79 Å². The van der Waals surface area contributed by atoms with Gasteiger partial charge in [-0.2, -0.15) is 9.97 Å². The predicted octanol–water partition coefficient (Wildman–Crippen LogP) is 3.35. The van der Waals surface area contributed by atoms with E-state index in [0.29, 0.717) is 22.6 Å². The molecule has 4 aromatic rings. The minimum atomic E-state index is -0.0829. The summed E-state index contributed by atoms with van der Waals surface area (Å²) < 4.78 is 12.1. The highest BCUT2D eigenvalue weighted by Gasteiger charge is 2.20. The Morgan fingerprint density at radius 3 is 2.25 bits per heavy atom. The minimum absolute atomic E-state index is 0.0829. The van der Waals surface area contributed by atoms with Gasteiger partial charge < -0.3 is 13.9 Å². The summed E-state index contributed by atoms with van der Waals surface area (Å²) >= 11 is 0. The van der Waals surface area contributed by atoms with Gasteiger partial charge in [-0.25, -0.2) is 0 Å². The Hall–Kier alpha value is -3.74. The second kappa shape index (κ2) is 7.11. The molecule has 0 radical (unpaired) electrons. The average molecular weight is 374 g/mol. The van der Waals surface area contributed by atoms with E-state index in [-0.39, 0.29) is 17.8 Å². The molecule has 0 aliphatic heterocycles. The number of nitrogens with zero attached hydrogens (tertiary/aromatic N) is 4. The summed E-state index contributed by atoms with van der Waals surface area (Å²) in [5, 5.41) is 0. The molecule has 0 amide bonds. The molecule has 28 heavy (non-hydrogen) atoms. The lowest BCUT2D eigenvalue weighted by atomic mass is 10.1. The SMILES string of the molecule is COc1nc(OC)nc(-c2cc(C(=O)c3ccc(C)cc3)n3ccccc23)n1. The largest absolute Gasteiger partial charge is 0.467 e. The van der Waals surface area contributed by atoms with Crippen LogP contribution < -0.4 is 9.47 Å². The molecule has 0 saturated heterocycles.